The first-order valence-electron chi connectivity index (χ1n) is 7.55. The minimum atomic E-state index is 0.553. The molecule has 1 saturated carbocycles. The van der Waals surface area contributed by atoms with Gasteiger partial charge in [0.05, 0.1) is 12.7 Å². The molecule has 0 heterocycles. The molecule has 0 aromatic heterocycles. The minimum absolute atomic E-state index is 0.553. The predicted octanol–water partition coefficient (Wildman–Crippen LogP) is 3.63. The second kappa shape index (κ2) is 7.31. The van der Waals surface area contributed by atoms with E-state index >= 15 is 0 Å². The van der Waals surface area contributed by atoms with Gasteiger partial charge in [0.15, 0.2) is 0 Å². The van der Waals surface area contributed by atoms with Crippen molar-refractivity contribution in [2.24, 2.45) is 5.92 Å². The van der Waals surface area contributed by atoms with Gasteiger partial charge in [-0.15, -0.1) is 0 Å². The maximum Gasteiger partial charge on any atom is 0.136 e. The fourth-order valence-corrected chi connectivity index (χ4v) is 3.02. The lowest BCUT2D eigenvalue weighted by Crippen LogP contribution is -2.34. The molecular formula is C17H24N2O. The summed E-state index contributed by atoms with van der Waals surface area (Å²) in [7, 11) is 1.61. The van der Waals surface area contributed by atoms with Crippen molar-refractivity contribution in [3.8, 4) is 11.8 Å². The fourth-order valence-electron chi connectivity index (χ4n) is 3.02. The third-order valence-corrected chi connectivity index (χ3v) is 4.37. The number of nitrogens with zero attached hydrogens (tertiary/aromatic N) is 1. The number of hydrogen-bond donors (Lipinski definition) is 1. The lowest BCUT2D eigenvalue weighted by Gasteiger charge is -2.28. The molecule has 1 fully saturated rings. The predicted molar refractivity (Wildman–Crippen MR) is 80.6 cm³/mol. The maximum absolute atomic E-state index is 8.98. The molecule has 0 unspecified atom stereocenters. The largest absolute Gasteiger partial charge is 0.495 e. The van der Waals surface area contributed by atoms with Crippen LogP contribution in [0.4, 0.5) is 0 Å². The molecule has 3 nitrogen and oxygen atoms in total. The number of rotatable bonds is 5. The van der Waals surface area contributed by atoms with Crippen LogP contribution in [0.5, 0.6) is 5.75 Å². The molecule has 0 spiro atoms. The molecule has 0 bridgehead atoms. The molecule has 0 aliphatic heterocycles. The summed E-state index contributed by atoms with van der Waals surface area (Å²) in [5.74, 6) is 1.47. The Labute approximate surface area is 121 Å². The highest BCUT2D eigenvalue weighted by atomic mass is 16.5. The van der Waals surface area contributed by atoms with Crippen LogP contribution in [0.15, 0.2) is 18.2 Å². The number of hydrogen-bond acceptors (Lipinski definition) is 3. The summed E-state index contributed by atoms with van der Waals surface area (Å²) in [4.78, 5) is 0. The Hall–Kier alpha value is -1.53. The number of nitrogens with one attached hydrogen (secondary N) is 1. The fraction of sp³-hybridized carbons (Fsp3) is 0.588. The quantitative estimate of drug-likeness (QED) is 0.890. The third kappa shape index (κ3) is 3.74. The summed E-state index contributed by atoms with van der Waals surface area (Å²) in [6.07, 6.45) is 6.86. The van der Waals surface area contributed by atoms with Crippen LogP contribution < -0.4 is 10.1 Å². The first-order valence-corrected chi connectivity index (χ1v) is 7.55. The molecular weight excluding hydrogens is 248 g/mol. The molecule has 0 saturated heterocycles. The van der Waals surface area contributed by atoms with Crippen LogP contribution in [-0.4, -0.2) is 13.2 Å². The maximum atomic E-state index is 8.98. The van der Waals surface area contributed by atoms with Crippen molar-refractivity contribution in [2.75, 3.05) is 7.11 Å². The van der Waals surface area contributed by atoms with Gasteiger partial charge in [-0.05, 0) is 43.4 Å². The van der Waals surface area contributed by atoms with Crippen LogP contribution in [0, 0.1) is 17.2 Å². The lowest BCUT2D eigenvalue weighted by molar-refractivity contribution is 0.280. The van der Waals surface area contributed by atoms with Gasteiger partial charge in [0, 0.05) is 12.6 Å². The average molecular weight is 272 g/mol. The molecule has 20 heavy (non-hydrogen) atoms. The molecule has 1 aromatic carbocycles. The molecule has 3 heteroatoms. The number of benzene rings is 1. The van der Waals surface area contributed by atoms with E-state index in [1.165, 1.54) is 37.7 Å². The van der Waals surface area contributed by atoms with Crippen LogP contribution in [-0.2, 0) is 6.54 Å². The van der Waals surface area contributed by atoms with Crippen molar-refractivity contribution in [1.29, 1.82) is 5.26 Å². The lowest BCUT2D eigenvalue weighted by atomic mass is 9.84. The smallest absolute Gasteiger partial charge is 0.136 e. The zero-order chi connectivity index (χ0) is 14.4. The number of methoxy groups -OCH3 is 1. The topological polar surface area (TPSA) is 45.0 Å². The molecule has 2 rings (SSSR count). The van der Waals surface area contributed by atoms with Gasteiger partial charge in [0.2, 0.25) is 0 Å². The number of nitriles is 1. The summed E-state index contributed by atoms with van der Waals surface area (Å²) < 4.78 is 5.25. The van der Waals surface area contributed by atoms with E-state index in [9.17, 15) is 0 Å². The summed E-state index contributed by atoms with van der Waals surface area (Å²) in [5, 5.41) is 12.6. The standard InChI is InChI=1S/C17H24N2O/c1-13(15-6-4-3-5-7-15)19-12-14-8-9-16(11-18)17(10-14)20-2/h8-10,13,15,19H,3-7,12H2,1-2H3/t13-/m0/s1. The van der Waals surface area contributed by atoms with Gasteiger partial charge in [-0.1, -0.05) is 25.3 Å². The van der Waals surface area contributed by atoms with Crippen LogP contribution >= 0.6 is 0 Å². The third-order valence-electron chi connectivity index (χ3n) is 4.37. The van der Waals surface area contributed by atoms with E-state index in [1.54, 1.807) is 7.11 Å². The molecule has 1 aromatic rings. The molecule has 1 atom stereocenters. The molecule has 1 aliphatic carbocycles. The zero-order valence-electron chi connectivity index (χ0n) is 12.5. The Morgan fingerprint density at radius 3 is 2.75 bits per heavy atom. The highest BCUT2D eigenvalue weighted by Crippen LogP contribution is 2.26. The van der Waals surface area contributed by atoms with Crippen LogP contribution in [0.3, 0.4) is 0 Å². The Bertz CT molecular complexity index is 472. The van der Waals surface area contributed by atoms with E-state index in [4.69, 9.17) is 10.00 Å². The van der Waals surface area contributed by atoms with Crippen molar-refractivity contribution >= 4 is 0 Å². The molecule has 0 amide bonds. The van der Waals surface area contributed by atoms with E-state index < -0.39 is 0 Å². The van der Waals surface area contributed by atoms with Gasteiger partial charge in [-0.3, -0.25) is 0 Å². The zero-order valence-corrected chi connectivity index (χ0v) is 12.5. The van der Waals surface area contributed by atoms with Gasteiger partial charge < -0.3 is 10.1 Å². The molecule has 108 valence electrons. The van der Waals surface area contributed by atoms with E-state index in [0.29, 0.717) is 17.4 Å². The normalized spacial score (nSPS) is 17.4. The molecule has 1 N–H and O–H groups in total. The van der Waals surface area contributed by atoms with Crippen molar-refractivity contribution in [3.05, 3.63) is 29.3 Å². The van der Waals surface area contributed by atoms with Gasteiger partial charge in [0.25, 0.3) is 0 Å². The van der Waals surface area contributed by atoms with Crippen molar-refractivity contribution in [2.45, 2.75) is 51.6 Å². The summed E-state index contributed by atoms with van der Waals surface area (Å²) in [6.45, 7) is 3.12. The SMILES string of the molecule is COc1cc(CN[C@@H](C)C2CCCCC2)ccc1C#N. The second-order valence-corrected chi connectivity index (χ2v) is 5.71. The van der Waals surface area contributed by atoms with Crippen molar-refractivity contribution in [1.82, 2.24) is 5.32 Å². The highest BCUT2D eigenvalue weighted by molar-refractivity contribution is 5.45. The first kappa shape index (κ1) is 14.9. The summed E-state index contributed by atoms with van der Waals surface area (Å²) in [5.41, 5.74) is 1.76. The Kier molecular flexibility index (Phi) is 5.43. The Morgan fingerprint density at radius 2 is 2.10 bits per heavy atom. The van der Waals surface area contributed by atoms with Crippen LogP contribution in [0.2, 0.25) is 0 Å². The van der Waals surface area contributed by atoms with Gasteiger partial charge in [0.1, 0.15) is 11.8 Å². The van der Waals surface area contributed by atoms with E-state index in [2.05, 4.69) is 18.3 Å². The summed E-state index contributed by atoms with van der Waals surface area (Å²) in [6, 6.07) is 8.49. The minimum Gasteiger partial charge on any atom is -0.495 e. The van der Waals surface area contributed by atoms with Crippen LogP contribution in [0.25, 0.3) is 0 Å². The van der Waals surface area contributed by atoms with E-state index in [-0.39, 0.29) is 0 Å². The second-order valence-electron chi connectivity index (χ2n) is 5.71. The number of ether oxygens (including phenoxy) is 1. The molecule has 1 aliphatic rings. The van der Waals surface area contributed by atoms with Gasteiger partial charge in [-0.2, -0.15) is 5.26 Å². The van der Waals surface area contributed by atoms with Crippen molar-refractivity contribution < 1.29 is 4.74 Å². The van der Waals surface area contributed by atoms with Crippen LogP contribution in [0.1, 0.15) is 50.2 Å². The van der Waals surface area contributed by atoms with Gasteiger partial charge >= 0.3 is 0 Å². The first-order chi connectivity index (χ1) is 9.74. The van der Waals surface area contributed by atoms with Gasteiger partial charge in [-0.25, -0.2) is 0 Å². The highest BCUT2D eigenvalue weighted by Gasteiger charge is 2.19. The monoisotopic (exact) mass is 272 g/mol. The Balaban J connectivity index is 1.91. The average Bonchev–Trinajstić information content (AvgIpc) is 2.53. The van der Waals surface area contributed by atoms with E-state index in [0.717, 1.165) is 12.5 Å². The van der Waals surface area contributed by atoms with E-state index in [1.807, 2.05) is 18.2 Å². The van der Waals surface area contributed by atoms with Crippen molar-refractivity contribution in [3.63, 3.8) is 0 Å². The Morgan fingerprint density at radius 1 is 1.35 bits per heavy atom. The molecule has 0 radical (unpaired) electrons. The summed E-state index contributed by atoms with van der Waals surface area (Å²) >= 11 is 0.